The number of aliphatic carboxylic acids is 1. The summed E-state index contributed by atoms with van der Waals surface area (Å²) in [6.45, 7) is 5.07. The zero-order chi connectivity index (χ0) is 22.9. The first-order valence-corrected chi connectivity index (χ1v) is 10.7. The van der Waals surface area contributed by atoms with Gasteiger partial charge in [0.1, 0.15) is 24.4 Å². The van der Waals surface area contributed by atoms with Crippen LogP contribution in [0.2, 0.25) is 0 Å². The van der Waals surface area contributed by atoms with Gasteiger partial charge in [0.15, 0.2) is 0 Å². The minimum absolute atomic E-state index is 0.171. The molecule has 166 valence electrons. The summed E-state index contributed by atoms with van der Waals surface area (Å²) in [6.07, 6.45) is 2.31. The molecule has 1 N–H and O–H groups in total. The number of hydrogen-bond donors (Lipinski definition) is 1. The quantitative estimate of drug-likeness (QED) is 0.297. The van der Waals surface area contributed by atoms with Gasteiger partial charge < -0.3 is 14.6 Å². The Hall–Kier alpha value is -3.60. The summed E-state index contributed by atoms with van der Waals surface area (Å²) >= 11 is 0. The summed E-state index contributed by atoms with van der Waals surface area (Å²) in [7, 11) is 0. The molecule has 0 atom stereocenters. The van der Waals surface area contributed by atoms with Crippen molar-refractivity contribution >= 4 is 12.3 Å². The van der Waals surface area contributed by atoms with Gasteiger partial charge >= 0.3 is 5.97 Å². The second-order valence-corrected chi connectivity index (χ2v) is 7.81. The van der Waals surface area contributed by atoms with Gasteiger partial charge in [0.05, 0.1) is 6.61 Å². The number of aldehydes is 1. The Bertz CT molecular complexity index is 1050. The Morgan fingerprint density at radius 2 is 1.62 bits per heavy atom. The Morgan fingerprint density at radius 3 is 2.28 bits per heavy atom. The van der Waals surface area contributed by atoms with Crippen molar-refractivity contribution in [3.05, 3.63) is 82.9 Å². The summed E-state index contributed by atoms with van der Waals surface area (Å²) in [5, 5.41) is 8.71. The number of unbranched alkanes of at least 4 members (excludes halogenated alkanes) is 1. The minimum Gasteiger partial charge on any atom is -0.494 e. The molecule has 0 fully saturated rings. The van der Waals surface area contributed by atoms with E-state index < -0.39 is 5.97 Å². The van der Waals surface area contributed by atoms with Crippen molar-refractivity contribution in [3.63, 3.8) is 0 Å². The topological polar surface area (TPSA) is 72.8 Å². The molecule has 5 nitrogen and oxygen atoms in total. The van der Waals surface area contributed by atoms with Gasteiger partial charge in [-0.3, -0.25) is 9.59 Å². The molecule has 3 rings (SSSR count). The van der Waals surface area contributed by atoms with Gasteiger partial charge in [-0.05, 0) is 97.0 Å². The van der Waals surface area contributed by atoms with Crippen LogP contribution in [0.15, 0.2) is 60.7 Å². The van der Waals surface area contributed by atoms with Crippen molar-refractivity contribution in [2.45, 2.75) is 39.7 Å². The molecule has 0 aliphatic carbocycles. The van der Waals surface area contributed by atoms with Crippen molar-refractivity contribution in [3.8, 4) is 22.6 Å². The normalized spacial score (nSPS) is 10.6. The van der Waals surface area contributed by atoms with Gasteiger partial charge in [-0.2, -0.15) is 0 Å². The molecule has 0 radical (unpaired) electrons. The molecular weight excluding hydrogens is 404 g/mol. The number of hydrogen-bond acceptors (Lipinski definition) is 4. The van der Waals surface area contributed by atoms with Crippen LogP contribution in [0.25, 0.3) is 11.1 Å². The first-order valence-electron chi connectivity index (χ1n) is 10.7. The summed E-state index contributed by atoms with van der Waals surface area (Å²) in [6, 6.07) is 19.4. The lowest BCUT2D eigenvalue weighted by atomic mass is 9.94. The van der Waals surface area contributed by atoms with Gasteiger partial charge in [0, 0.05) is 12.0 Å². The van der Waals surface area contributed by atoms with Gasteiger partial charge in [0.2, 0.25) is 0 Å². The highest BCUT2D eigenvalue weighted by molar-refractivity contribution is 5.75. The van der Waals surface area contributed by atoms with E-state index >= 15 is 0 Å². The van der Waals surface area contributed by atoms with Crippen molar-refractivity contribution in [2.24, 2.45) is 0 Å². The maximum atomic E-state index is 10.8. The number of rotatable bonds is 11. The average Bonchev–Trinajstić information content (AvgIpc) is 2.77. The molecule has 3 aromatic rings. The van der Waals surface area contributed by atoms with E-state index in [-0.39, 0.29) is 6.42 Å². The van der Waals surface area contributed by atoms with E-state index in [4.69, 9.17) is 14.6 Å². The number of carbonyl (C=O) groups excluding carboxylic acids is 1. The van der Waals surface area contributed by atoms with E-state index in [1.165, 1.54) is 5.56 Å². The highest BCUT2D eigenvalue weighted by atomic mass is 16.5. The molecule has 5 heteroatoms. The monoisotopic (exact) mass is 432 g/mol. The highest BCUT2D eigenvalue weighted by Gasteiger charge is 2.10. The van der Waals surface area contributed by atoms with Gasteiger partial charge in [-0.1, -0.05) is 18.2 Å². The molecule has 0 spiro atoms. The second-order valence-electron chi connectivity index (χ2n) is 7.81. The van der Waals surface area contributed by atoms with Crippen molar-refractivity contribution in [2.75, 3.05) is 6.61 Å². The molecule has 0 heterocycles. The molecular formula is C27H28O5. The second kappa shape index (κ2) is 11.1. The van der Waals surface area contributed by atoms with Crippen LogP contribution in [0.1, 0.15) is 46.3 Å². The molecule has 0 aliphatic rings. The van der Waals surface area contributed by atoms with Crippen molar-refractivity contribution in [1.29, 1.82) is 0 Å². The minimum atomic E-state index is -0.774. The fourth-order valence-corrected chi connectivity index (χ4v) is 3.66. The fourth-order valence-electron chi connectivity index (χ4n) is 3.66. The van der Waals surface area contributed by atoms with Crippen molar-refractivity contribution < 1.29 is 24.2 Å². The third-order valence-electron chi connectivity index (χ3n) is 5.20. The zero-order valence-corrected chi connectivity index (χ0v) is 18.5. The smallest absolute Gasteiger partial charge is 0.303 e. The number of carboxylic acid groups (broad SMARTS) is 1. The lowest BCUT2D eigenvalue weighted by Crippen LogP contribution is -2.01. The Balaban J connectivity index is 1.66. The maximum Gasteiger partial charge on any atom is 0.303 e. The third kappa shape index (κ3) is 6.45. The summed E-state index contributed by atoms with van der Waals surface area (Å²) in [5.74, 6) is 0.750. The van der Waals surface area contributed by atoms with Gasteiger partial charge in [0.25, 0.3) is 0 Å². The number of ether oxygens (including phenoxy) is 2. The standard InChI is InChI=1S/C27H28O5/c1-19-14-25(31-13-4-3-8-26(29)30)15-20(2)27(19)23-7-5-6-22(16-23)18-32-24-11-9-21(17-28)10-12-24/h5-7,9-12,14-17H,3-4,8,13,18H2,1-2H3,(H,29,30). The van der Waals surface area contributed by atoms with Crippen molar-refractivity contribution in [1.82, 2.24) is 0 Å². The van der Waals surface area contributed by atoms with Gasteiger partial charge in [-0.15, -0.1) is 0 Å². The molecule has 32 heavy (non-hydrogen) atoms. The Labute approximate surface area is 188 Å². The fraction of sp³-hybridized carbons (Fsp3) is 0.259. The largest absolute Gasteiger partial charge is 0.494 e. The Kier molecular flexibility index (Phi) is 8.03. The van der Waals surface area contributed by atoms with Gasteiger partial charge in [-0.25, -0.2) is 0 Å². The van der Waals surface area contributed by atoms with E-state index in [0.717, 1.165) is 40.0 Å². The lowest BCUT2D eigenvalue weighted by molar-refractivity contribution is -0.137. The first-order chi connectivity index (χ1) is 15.5. The molecule has 3 aromatic carbocycles. The van der Waals surface area contributed by atoms with Crippen LogP contribution < -0.4 is 9.47 Å². The molecule has 0 bridgehead atoms. The maximum absolute atomic E-state index is 10.8. The van der Waals surface area contributed by atoms with E-state index in [2.05, 4.69) is 26.0 Å². The predicted molar refractivity (Wildman–Crippen MR) is 124 cm³/mol. The number of aryl methyl sites for hydroxylation is 2. The van der Waals surface area contributed by atoms with Crippen LogP contribution in [0.5, 0.6) is 11.5 Å². The molecule has 0 amide bonds. The van der Waals surface area contributed by atoms with E-state index in [1.807, 2.05) is 24.3 Å². The summed E-state index contributed by atoms with van der Waals surface area (Å²) in [4.78, 5) is 21.4. The zero-order valence-electron chi connectivity index (χ0n) is 18.5. The van der Waals surface area contributed by atoms with E-state index in [1.54, 1.807) is 24.3 Å². The third-order valence-corrected chi connectivity index (χ3v) is 5.20. The van der Waals surface area contributed by atoms with Crippen LogP contribution in [0, 0.1) is 13.8 Å². The van der Waals surface area contributed by atoms with Crippen LogP contribution in [0.4, 0.5) is 0 Å². The lowest BCUT2D eigenvalue weighted by Gasteiger charge is -2.15. The molecule has 0 unspecified atom stereocenters. The number of benzene rings is 3. The SMILES string of the molecule is Cc1cc(OCCCCC(=O)O)cc(C)c1-c1cccc(COc2ccc(C=O)cc2)c1. The average molecular weight is 433 g/mol. The first kappa shape index (κ1) is 23.1. The predicted octanol–water partition coefficient (Wildman–Crippen LogP) is 6.00. The Morgan fingerprint density at radius 1 is 0.906 bits per heavy atom. The number of carbonyl (C=O) groups is 2. The molecule has 0 saturated heterocycles. The summed E-state index contributed by atoms with van der Waals surface area (Å²) in [5.41, 5.74) is 6.20. The van der Waals surface area contributed by atoms with E-state index in [0.29, 0.717) is 31.6 Å². The van der Waals surface area contributed by atoms with Crippen LogP contribution >= 0.6 is 0 Å². The summed E-state index contributed by atoms with van der Waals surface area (Å²) < 4.78 is 11.7. The van der Waals surface area contributed by atoms with Crippen LogP contribution in [-0.4, -0.2) is 24.0 Å². The molecule has 0 saturated carbocycles. The van der Waals surface area contributed by atoms with Crippen LogP contribution in [0.3, 0.4) is 0 Å². The molecule has 0 aliphatic heterocycles. The van der Waals surface area contributed by atoms with E-state index in [9.17, 15) is 9.59 Å². The molecule has 0 aromatic heterocycles. The number of carboxylic acids is 1. The highest BCUT2D eigenvalue weighted by Crippen LogP contribution is 2.32. The van der Waals surface area contributed by atoms with Crippen LogP contribution in [-0.2, 0) is 11.4 Å².